The van der Waals surface area contributed by atoms with Crippen LogP contribution < -0.4 is 9.47 Å². The first kappa shape index (κ1) is 18.9. The number of imidazole rings is 1. The number of hydrogen-bond donors (Lipinski definition) is 0. The van der Waals surface area contributed by atoms with Crippen molar-refractivity contribution < 1.29 is 9.47 Å². The van der Waals surface area contributed by atoms with Gasteiger partial charge >= 0.3 is 0 Å². The molecule has 0 aliphatic heterocycles. The van der Waals surface area contributed by atoms with Crippen LogP contribution in [0.5, 0.6) is 17.2 Å². The molecule has 1 heterocycles. The number of fused-ring (bicyclic) bond motifs is 1. The lowest BCUT2D eigenvalue weighted by Gasteiger charge is -2.11. The lowest BCUT2D eigenvalue weighted by molar-refractivity contribution is 0.409. The summed E-state index contributed by atoms with van der Waals surface area (Å²) >= 11 is 0. The summed E-state index contributed by atoms with van der Waals surface area (Å²) in [6.45, 7) is 2.09. The van der Waals surface area contributed by atoms with Gasteiger partial charge in [-0.2, -0.15) is 0 Å². The van der Waals surface area contributed by atoms with Gasteiger partial charge < -0.3 is 9.47 Å². The average molecular weight is 406 g/mol. The molecule has 0 saturated heterocycles. The molecule has 4 nitrogen and oxygen atoms in total. The molecule has 1 aromatic heterocycles. The fraction of sp³-hybridized carbons (Fsp3) is 0.0741. The molecule has 0 N–H and O–H groups in total. The van der Waals surface area contributed by atoms with Crippen molar-refractivity contribution in [1.82, 2.24) is 9.55 Å². The van der Waals surface area contributed by atoms with Crippen LogP contribution in [0.25, 0.3) is 28.1 Å². The molecule has 0 unspecified atom stereocenters. The highest BCUT2D eigenvalue weighted by Gasteiger charge is 2.15. The Morgan fingerprint density at radius 3 is 2.23 bits per heavy atom. The van der Waals surface area contributed by atoms with E-state index in [9.17, 15) is 0 Å². The third-order valence-electron chi connectivity index (χ3n) is 5.23. The molecule has 0 saturated carbocycles. The van der Waals surface area contributed by atoms with Crippen molar-refractivity contribution in [3.05, 3.63) is 103 Å². The van der Waals surface area contributed by atoms with E-state index in [1.165, 1.54) is 5.56 Å². The second kappa shape index (κ2) is 8.00. The second-order valence-corrected chi connectivity index (χ2v) is 7.40. The second-order valence-electron chi connectivity index (χ2n) is 7.40. The van der Waals surface area contributed by atoms with Crippen LogP contribution in [0.4, 0.5) is 0 Å². The van der Waals surface area contributed by atoms with E-state index in [2.05, 4.69) is 47.9 Å². The molecule has 5 rings (SSSR count). The number of ether oxygens (including phenoxy) is 2. The lowest BCUT2D eigenvalue weighted by atomic mass is 10.2. The summed E-state index contributed by atoms with van der Waals surface area (Å²) in [5.41, 5.74) is 5.25. The van der Waals surface area contributed by atoms with Crippen molar-refractivity contribution in [3.63, 3.8) is 0 Å². The predicted octanol–water partition coefficient (Wildman–Crippen LogP) is 6.80. The molecule has 5 aromatic rings. The molecular weight excluding hydrogens is 384 g/mol. The van der Waals surface area contributed by atoms with Gasteiger partial charge in [-0.3, -0.25) is 4.57 Å². The van der Waals surface area contributed by atoms with Gasteiger partial charge in [-0.25, -0.2) is 4.98 Å². The SMILES string of the molecule is COc1cccc(Oc2ccc3nc(-c4ccccc4)n(-c4ccc(C)cc4)c3c2)c1. The Morgan fingerprint density at radius 2 is 1.45 bits per heavy atom. The summed E-state index contributed by atoms with van der Waals surface area (Å²) in [7, 11) is 1.65. The Bertz CT molecular complexity index is 1340. The molecule has 0 aliphatic carbocycles. The Balaban J connectivity index is 1.66. The molecular formula is C27H22N2O2. The maximum absolute atomic E-state index is 6.13. The van der Waals surface area contributed by atoms with E-state index in [1.807, 2.05) is 60.7 Å². The first-order valence-electron chi connectivity index (χ1n) is 10.2. The van der Waals surface area contributed by atoms with E-state index in [-0.39, 0.29) is 0 Å². The quantitative estimate of drug-likeness (QED) is 0.322. The van der Waals surface area contributed by atoms with Gasteiger partial charge in [-0.05, 0) is 43.3 Å². The van der Waals surface area contributed by atoms with E-state index in [0.29, 0.717) is 0 Å². The molecule has 0 amide bonds. The highest BCUT2D eigenvalue weighted by molar-refractivity contribution is 5.84. The molecule has 31 heavy (non-hydrogen) atoms. The van der Waals surface area contributed by atoms with Gasteiger partial charge in [0, 0.05) is 23.4 Å². The maximum atomic E-state index is 6.13. The summed E-state index contributed by atoms with van der Waals surface area (Å²) in [5.74, 6) is 3.13. The molecule has 0 aliphatic rings. The number of rotatable bonds is 5. The fourth-order valence-corrected chi connectivity index (χ4v) is 3.66. The molecule has 0 fully saturated rings. The van der Waals surface area contributed by atoms with Crippen LogP contribution in [0.1, 0.15) is 5.56 Å². The minimum atomic E-state index is 0.725. The summed E-state index contributed by atoms with van der Waals surface area (Å²) in [4.78, 5) is 4.94. The predicted molar refractivity (Wildman–Crippen MR) is 124 cm³/mol. The number of aryl methyl sites for hydroxylation is 1. The molecule has 0 atom stereocenters. The molecule has 0 radical (unpaired) electrons. The van der Waals surface area contributed by atoms with E-state index < -0.39 is 0 Å². The van der Waals surface area contributed by atoms with Gasteiger partial charge in [-0.15, -0.1) is 0 Å². The first-order chi connectivity index (χ1) is 15.2. The summed E-state index contributed by atoms with van der Waals surface area (Å²) in [6.07, 6.45) is 0. The van der Waals surface area contributed by atoms with Gasteiger partial charge in [0.2, 0.25) is 0 Å². The zero-order valence-electron chi connectivity index (χ0n) is 17.4. The Labute approximate surface area is 181 Å². The fourth-order valence-electron chi connectivity index (χ4n) is 3.66. The van der Waals surface area contributed by atoms with Crippen LogP contribution in [-0.4, -0.2) is 16.7 Å². The number of hydrogen-bond acceptors (Lipinski definition) is 3. The maximum Gasteiger partial charge on any atom is 0.145 e. The van der Waals surface area contributed by atoms with Gasteiger partial charge in [0.15, 0.2) is 0 Å². The average Bonchev–Trinajstić information content (AvgIpc) is 3.19. The number of methoxy groups -OCH3 is 1. The van der Waals surface area contributed by atoms with Crippen LogP contribution in [0.3, 0.4) is 0 Å². The molecule has 152 valence electrons. The van der Waals surface area contributed by atoms with Crippen LogP contribution in [0.2, 0.25) is 0 Å². The largest absolute Gasteiger partial charge is 0.497 e. The standard InChI is InChI=1S/C27H22N2O2/c1-19-11-13-21(14-12-19)29-26-18-24(31-23-10-6-9-22(17-23)30-2)15-16-25(26)28-27(29)20-7-4-3-5-8-20/h3-18H,1-2H3. The minimum absolute atomic E-state index is 0.725. The van der Waals surface area contributed by atoms with Crippen molar-refractivity contribution >= 4 is 11.0 Å². The van der Waals surface area contributed by atoms with Crippen molar-refractivity contribution in [3.8, 4) is 34.3 Å². The van der Waals surface area contributed by atoms with Crippen LogP contribution in [0, 0.1) is 6.92 Å². The van der Waals surface area contributed by atoms with Crippen molar-refractivity contribution in [2.45, 2.75) is 6.92 Å². The Kier molecular flexibility index (Phi) is 4.89. The third-order valence-corrected chi connectivity index (χ3v) is 5.23. The van der Waals surface area contributed by atoms with Gasteiger partial charge in [0.05, 0.1) is 18.1 Å². The monoisotopic (exact) mass is 406 g/mol. The third kappa shape index (κ3) is 3.76. The molecule has 4 aromatic carbocycles. The summed E-state index contributed by atoms with van der Waals surface area (Å²) in [5, 5.41) is 0. The van der Waals surface area contributed by atoms with Crippen molar-refractivity contribution in [2.24, 2.45) is 0 Å². The van der Waals surface area contributed by atoms with Crippen molar-refractivity contribution in [1.29, 1.82) is 0 Å². The number of benzene rings is 4. The van der Waals surface area contributed by atoms with Gasteiger partial charge in [0.1, 0.15) is 23.1 Å². The zero-order chi connectivity index (χ0) is 21.2. The van der Waals surface area contributed by atoms with Gasteiger partial charge in [0.25, 0.3) is 0 Å². The van der Waals surface area contributed by atoms with E-state index in [1.54, 1.807) is 7.11 Å². The zero-order valence-corrected chi connectivity index (χ0v) is 17.4. The topological polar surface area (TPSA) is 36.3 Å². The van der Waals surface area contributed by atoms with Crippen LogP contribution >= 0.6 is 0 Å². The van der Waals surface area contributed by atoms with Gasteiger partial charge in [-0.1, -0.05) is 54.1 Å². The molecule has 4 heteroatoms. The Morgan fingerprint density at radius 1 is 0.710 bits per heavy atom. The normalized spacial score (nSPS) is 10.9. The molecule has 0 bridgehead atoms. The first-order valence-corrected chi connectivity index (χ1v) is 10.2. The smallest absolute Gasteiger partial charge is 0.145 e. The highest BCUT2D eigenvalue weighted by Crippen LogP contribution is 2.33. The highest BCUT2D eigenvalue weighted by atomic mass is 16.5. The van der Waals surface area contributed by atoms with Crippen LogP contribution in [0.15, 0.2) is 97.1 Å². The number of aromatic nitrogens is 2. The summed E-state index contributed by atoms with van der Waals surface area (Å²) in [6, 6.07) is 32.3. The minimum Gasteiger partial charge on any atom is -0.497 e. The van der Waals surface area contributed by atoms with E-state index >= 15 is 0 Å². The van der Waals surface area contributed by atoms with E-state index in [4.69, 9.17) is 14.5 Å². The Hall–Kier alpha value is -4.05. The lowest BCUT2D eigenvalue weighted by Crippen LogP contribution is -1.97. The van der Waals surface area contributed by atoms with Crippen LogP contribution in [-0.2, 0) is 0 Å². The molecule has 0 spiro atoms. The van der Waals surface area contributed by atoms with Crippen molar-refractivity contribution in [2.75, 3.05) is 7.11 Å². The number of nitrogens with zero attached hydrogens (tertiary/aromatic N) is 2. The van der Waals surface area contributed by atoms with E-state index in [0.717, 1.165) is 45.4 Å². The summed E-state index contributed by atoms with van der Waals surface area (Å²) < 4.78 is 13.6.